The zero-order valence-corrected chi connectivity index (χ0v) is 11.4. The molecule has 1 saturated heterocycles. The molecule has 6 nitrogen and oxygen atoms in total. The molecule has 0 spiro atoms. The second-order valence-corrected chi connectivity index (χ2v) is 5.63. The minimum absolute atomic E-state index is 0.0776. The van der Waals surface area contributed by atoms with E-state index >= 15 is 0 Å². The highest BCUT2D eigenvalue weighted by atomic mass is 32.1. The van der Waals surface area contributed by atoms with Gasteiger partial charge in [0.2, 0.25) is 0 Å². The van der Waals surface area contributed by atoms with Gasteiger partial charge in [0.05, 0.1) is 12.1 Å². The maximum atomic E-state index is 11.9. The zero-order valence-electron chi connectivity index (χ0n) is 10.5. The van der Waals surface area contributed by atoms with Gasteiger partial charge in [0.25, 0.3) is 0 Å². The molecule has 1 fully saturated rings. The average Bonchev–Trinajstić information content (AvgIpc) is 3.04. The van der Waals surface area contributed by atoms with Gasteiger partial charge >= 0.3 is 12.0 Å². The number of nitrogens with zero attached hydrogens (tertiary/aromatic N) is 2. The Morgan fingerprint density at radius 3 is 3.11 bits per heavy atom. The Morgan fingerprint density at radius 2 is 2.42 bits per heavy atom. The summed E-state index contributed by atoms with van der Waals surface area (Å²) in [6.45, 7) is 1.86. The minimum Gasteiger partial charge on any atom is -0.481 e. The molecule has 0 aromatic carbocycles. The molecular weight excluding hydrogens is 266 g/mol. The van der Waals surface area contributed by atoms with Gasteiger partial charge < -0.3 is 15.3 Å². The monoisotopic (exact) mass is 283 g/mol. The predicted octanol–water partition coefficient (Wildman–Crippen LogP) is 1.54. The number of nitrogens with one attached hydrogen (secondary N) is 1. The molecule has 0 radical (unpaired) electrons. The van der Waals surface area contributed by atoms with Gasteiger partial charge in [-0.2, -0.15) is 0 Å². The number of carboxylic acids is 1. The summed E-state index contributed by atoms with van der Waals surface area (Å²) in [5.41, 5.74) is 1.74. The summed E-state index contributed by atoms with van der Waals surface area (Å²) in [6.07, 6.45) is 3.46. The van der Waals surface area contributed by atoms with Gasteiger partial charge in [-0.1, -0.05) is 0 Å². The van der Waals surface area contributed by atoms with Crippen LogP contribution in [0.15, 0.2) is 11.7 Å². The van der Waals surface area contributed by atoms with Crippen molar-refractivity contribution >= 4 is 23.3 Å². The van der Waals surface area contributed by atoms with Crippen molar-refractivity contribution < 1.29 is 14.7 Å². The summed E-state index contributed by atoms with van der Waals surface area (Å²) in [7, 11) is 0. The number of hydrogen-bond donors (Lipinski definition) is 2. The number of amides is 2. The molecule has 1 aromatic heterocycles. The zero-order chi connectivity index (χ0) is 13.7. The molecule has 1 unspecified atom stereocenters. The van der Waals surface area contributed by atoms with Crippen molar-refractivity contribution in [1.82, 2.24) is 15.2 Å². The van der Waals surface area contributed by atoms with Gasteiger partial charge in [-0.3, -0.25) is 9.78 Å². The highest BCUT2D eigenvalue weighted by Gasteiger charge is 2.26. The Morgan fingerprint density at radius 1 is 1.58 bits per heavy atom. The first-order valence-electron chi connectivity index (χ1n) is 6.27. The third kappa shape index (κ3) is 4.20. The summed E-state index contributed by atoms with van der Waals surface area (Å²) in [4.78, 5) is 29.1. The van der Waals surface area contributed by atoms with Crippen LogP contribution in [-0.4, -0.2) is 40.1 Å². The van der Waals surface area contributed by atoms with Crippen LogP contribution in [0.3, 0.4) is 0 Å². The van der Waals surface area contributed by atoms with Crippen LogP contribution >= 0.6 is 11.3 Å². The van der Waals surface area contributed by atoms with Crippen molar-refractivity contribution in [3.05, 3.63) is 16.6 Å². The van der Waals surface area contributed by atoms with Crippen LogP contribution in [-0.2, 0) is 11.3 Å². The molecule has 19 heavy (non-hydrogen) atoms. The lowest BCUT2D eigenvalue weighted by molar-refractivity contribution is -0.137. The van der Waals surface area contributed by atoms with Crippen LogP contribution in [0, 0.1) is 5.92 Å². The minimum atomic E-state index is -0.770. The van der Waals surface area contributed by atoms with Crippen molar-refractivity contribution in [2.24, 2.45) is 5.92 Å². The van der Waals surface area contributed by atoms with E-state index in [2.05, 4.69) is 10.3 Å². The van der Waals surface area contributed by atoms with Crippen LogP contribution < -0.4 is 5.32 Å². The quantitative estimate of drug-likeness (QED) is 0.858. The molecule has 1 aliphatic heterocycles. The molecule has 2 N–H and O–H groups in total. The summed E-state index contributed by atoms with van der Waals surface area (Å²) in [6, 6.07) is -0.0776. The average molecular weight is 283 g/mol. The van der Waals surface area contributed by atoms with Crippen molar-refractivity contribution in [2.45, 2.75) is 25.8 Å². The van der Waals surface area contributed by atoms with Crippen molar-refractivity contribution in [1.29, 1.82) is 0 Å². The van der Waals surface area contributed by atoms with E-state index < -0.39 is 5.97 Å². The lowest BCUT2D eigenvalue weighted by Gasteiger charge is -2.16. The highest BCUT2D eigenvalue weighted by molar-refractivity contribution is 7.09. The number of rotatable bonds is 5. The highest BCUT2D eigenvalue weighted by Crippen LogP contribution is 2.21. The van der Waals surface area contributed by atoms with E-state index in [1.807, 2.05) is 0 Å². The number of hydrogen-bond acceptors (Lipinski definition) is 4. The van der Waals surface area contributed by atoms with Crippen LogP contribution in [0.1, 0.15) is 24.1 Å². The van der Waals surface area contributed by atoms with Gasteiger partial charge in [-0.25, -0.2) is 4.79 Å². The van der Waals surface area contributed by atoms with E-state index in [1.54, 1.807) is 16.6 Å². The predicted molar refractivity (Wildman–Crippen MR) is 70.9 cm³/mol. The number of carboxylic acid groups (broad SMARTS) is 1. The van der Waals surface area contributed by atoms with E-state index in [0.717, 1.165) is 11.3 Å². The van der Waals surface area contributed by atoms with Crippen molar-refractivity contribution in [2.75, 3.05) is 13.1 Å². The first kappa shape index (κ1) is 13.8. The Hall–Kier alpha value is -1.63. The Balaban J connectivity index is 1.71. The van der Waals surface area contributed by atoms with Crippen molar-refractivity contribution in [3.63, 3.8) is 0 Å². The smallest absolute Gasteiger partial charge is 0.317 e. The molecule has 1 aromatic rings. The molecule has 104 valence electrons. The molecule has 0 aliphatic carbocycles. The van der Waals surface area contributed by atoms with E-state index in [4.69, 9.17) is 5.11 Å². The molecule has 1 aliphatic rings. The fourth-order valence-corrected chi connectivity index (χ4v) is 2.72. The molecule has 2 rings (SSSR count). The van der Waals surface area contributed by atoms with Crippen molar-refractivity contribution in [3.8, 4) is 0 Å². The molecule has 0 bridgehead atoms. The molecular formula is C12H17N3O3S. The van der Waals surface area contributed by atoms with E-state index in [0.29, 0.717) is 32.0 Å². The van der Waals surface area contributed by atoms with Gasteiger partial charge in [-0.05, 0) is 18.8 Å². The van der Waals surface area contributed by atoms with Crippen LogP contribution in [0.2, 0.25) is 0 Å². The van der Waals surface area contributed by atoms with Crippen LogP contribution in [0.25, 0.3) is 0 Å². The van der Waals surface area contributed by atoms with Crippen LogP contribution in [0.4, 0.5) is 4.79 Å². The SMILES string of the molecule is O=C(O)CCC1CCN(C(=O)NCc2cncs2)C1. The van der Waals surface area contributed by atoms with Gasteiger partial charge in [-0.15, -0.1) is 11.3 Å². The summed E-state index contributed by atoms with van der Waals surface area (Å²) in [5.74, 6) is -0.460. The Labute approximate surface area is 115 Å². The third-order valence-corrected chi connectivity index (χ3v) is 4.02. The molecule has 1 atom stereocenters. The first-order chi connectivity index (χ1) is 9.15. The maximum absolute atomic E-state index is 11.9. The third-order valence-electron chi connectivity index (χ3n) is 3.24. The second kappa shape index (κ2) is 6.51. The topological polar surface area (TPSA) is 82.5 Å². The fourth-order valence-electron chi connectivity index (χ4n) is 2.18. The van der Waals surface area contributed by atoms with Gasteiger partial charge in [0.15, 0.2) is 0 Å². The summed E-state index contributed by atoms with van der Waals surface area (Å²) >= 11 is 1.51. The number of likely N-dealkylation sites (tertiary alicyclic amines) is 1. The summed E-state index contributed by atoms with van der Waals surface area (Å²) in [5, 5.41) is 11.5. The second-order valence-electron chi connectivity index (χ2n) is 4.66. The number of aromatic nitrogens is 1. The fraction of sp³-hybridized carbons (Fsp3) is 0.583. The first-order valence-corrected chi connectivity index (χ1v) is 7.15. The van der Waals surface area contributed by atoms with E-state index in [-0.39, 0.29) is 12.5 Å². The number of thiazole rings is 1. The molecule has 7 heteroatoms. The largest absolute Gasteiger partial charge is 0.481 e. The molecule has 2 heterocycles. The maximum Gasteiger partial charge on any atom is 0.317 e. The number of aliphatic carboxylic acids is 1. The Bertz CT molecular complexity index is 435. The lowest BCUT2D eigenvalue weighted by atomic mass is 10.0. The van der Waals surface area contributed by atoms with Crippen LogP contribution in [0.5, 0.6) is 0 Å². The van der Waals surface area contributed by atoms with E-state index in [1.165, 1.54) is 11.3 Å². The normalized spacial score (nSPS) is 18.5. The number of urea groups is 1. The van der Waals surface area contributed by atoms with E-state index in [9.17, 15) is 9.59 Å². The summed E-state index contributed by atoms with van der Waals surface area (Å²) < 4.78 is 0. The molecule has 2 amide bonds. The number of carbonyl (C=O) groups excluding carboxylic acids is 1. The molecule has 0 saturated carbocycles. The lowest BCUT2D eigenvalue weighted by Crippen LogP contribution is -2.37. The Kier molecular flexibility index (Phi) is 4.73. The van der Waals surface area contributed by atoms with Gasteiger partial charge in [0.1, 0.15) is 0 Å². The standard InChI is InChI=1S/C12H17N3O3S/c16-11(17)2-1-9-3-4-15(7-9)12(18)14-6-10-5-13-8-19-10/h5,8-9H,1-4,6-7H2,(H,14,18)(H,16,17). The van der Waals surface area contributed by atoms with Gasteiger partial charge in [0, 0.05) is 30.6 Å². The number of carbonyl (C=O) groups is 2.